The van der Waals surface area contributed by atoms with Crippen LogP contribution in [0.15, 0.2) is 30.5 Å². The highest BCUT2D eigenvalue weighted by molar-refractivity contribution is 5.97. The van der Waals surface area contributed by atoms with E-state index in [1.807, 2.05) is 24.4 Å². The van der Waals surface area contributed by atoms with Gasteiger partial charge in [0.25, 0.3) is 0 Å². The van der Waals surface area contributed by atoms with Crippen LogP contribution in [0.2, 0.25) is 0 Å². The van der Waals surface area contributed by atoms with Gasteiger partial charge >= 0.3 is 0 Å². The highest BCUT2D eigenvalue weighted by Crippen LogP contribution is 2.27. The zero-order valence-corrected chi connectivity index (χ0v) is 12.0. The first-order valence-corrected chi connectivity index (χ1v) is 7.40. The molecule has 1 aromatic heterocycles. The second-order valence-electron chi connectivity index (χ2n) is 5.48. The monoisotopic (exact) mass is 270 g/mol. The number of nitrogens with one attached hydrogen (secondary N) is 1. The molecule has 0 bridgehead atoms. The predicted molar refractivity (Wildman–Crippen MR) is 84.9 cm³/mol. The maximum absolute atomic E-state index is 6.00. The fourth-order valence-electron chi connectivity index (χ4n) is 3.01. The minimum atomic E-state index is 0.510. The molecule has 20 heavy (non-hydrogen) atoms. The molecule has 1 aliphatic heterocycles. The van der Waals surface area contributed by atoms with E-state index < -0.39 is 0 Å². The van der Waals surface area contributed by atoms with Crippen molar-refractivity contribution in [3.8, 4) is 0 Å². The summed E-state index contributed by atoms with van der Waals surface area (Å²) in [5.41, 5.74) is 8.78. The number of likely N-dealkylation sites (N-methyl/N-ethyl adjacent to an activating group) is 1. The first-order valence-electron chi connectivity index (χ1n) is 7.40. The number of nitrogens with zero attached hydrogens (tertiary/aromatic N) is 2. The fourth-order valence-corrected chi connectivity index (χ4v) is 3.01. The van der Waals surface area contributed by atoms with Crippen LogP contribution in [0.4, 0.5) is 11.4 Å². The summed E-state index contributed by atoms with van der Waals surface area (Å²) in [4.78, 5) is 6.89. The van der Waals surface area contributed by atoms with Crippen molar-refractivity contribution >= 4 is 22.3 Å². The van der Waals surface area contributed by atoms with Crippen LogP contribution in [0.25, 0.3) is 10.9 Å². The van der Waals surface area contributed by atoms with Gasteiger partial charge in [-0.1, -0.05) is 19.1 Å². The molecule has 1 aliphatic rings. The van der Waals surface area contributed by atoms with Crippen LogP contribution in [0.3, 0.4) is 0 Å². The molecule has 1 aromatic carbocycles. The number of hydrogen-bond donors (Lipinski definition) is 2. The molecule has 0 aliphatic carbocycles. The standard InChI is InChI=1S/C16H22N4/c1-2-20-10-4-5-12(11-20)19-15-8-9-18-16-13(15)6-3-7-14(16)17/h3,6-9,12H,2,4-5,10-11,17H2,1H3,(H,18,19). The van der Waals surface area contributed by atoms with E-state index in [1.54, 1.807) is 0 Å². The van der Waals surface area contributed by atoms with Crippen LogP contribution < -0.4 is 11.1 Å². The summed E-state index contributed by atoms with van der Waals surface area (Å²) in [6, 6.07) is 8.53. The Bertz CT molecular complexity index is 596. The van der Waals surface area contributed by atoms with Crippen molar-refractivity contribution in [1.29, 1.82) is 0 Å². The van der Waals surface area contributed by atoms with Crippen LogP contribution in [0.5, 0.6) is 0 Å². The van der Waals surface area contributed by atoms with Gasteiger partial charge in [0, 0.05) is 29.9 Å². The molecule has 4 nitrogen and oxygen atoms in total. The molecule has 1 saturated heterocycles. The molecule has 1 fully saturated rings. The number of pyridine rings is 1. The lowest BCUT2D eigenvalue weighted by molar-refractivity contribution is 0.227. The van der Waals surface area contributed by atoms with Crippen molar-refractivity contribution in [2.75, 3.05) is 30.7 Å². The Morgan fingerprint density at radius 1 is 1.40 bits per heavy atom. The van der Waals surface area contributed by atoms with Gasteiger partial charge in [0.05, 0.1) is 11.2 Å². The molecule has 2 aromatic rings. The Morgan fingerprint density at radius 2 is 2.30 bits per heavy atom. The van der Waals surface area contributed by atoms with Crippen molar-refractivity contribution in [1.82, 2.24) is 9.88 Å². The van der Waals surface area contributed by atoms with Gasteiger partial charge in [0.2, 0.25) is 0 Å². The molecule has 3 rings (SSSR count). The van der Waals surface area contributed by atoms with E-state index in [1.165, 1.54) is 19.4 Å². The van der Waals surface area contributed by atoms with Crippen molar-refractivity contribution < 1.29 is 0 Å². The molecule has 0 radical (unpaired) electrons. The average Bonchev–Trinajstić information content (AvgIpc) is 2.49. The van der Waals surface area contributed by atoms with E-state index in [2.05, 4.69) is 28.2 Å². The zero-order chi connectivity index (χ0) is 13.9. The lowest BCUT2D eigenvalue weighted by atomic mass is 10.0. The van der Waals surface area contributed by atoms with Gasteiger partial charge in [0.15, 0.2) is 0 Å². The maximum Gasteiger partial charge on any atom is 0.0951 e. The maximum atomic E-state index is 6.00. The smallest absolute Gasteiger partial charge is 0.0951 e. The number of likely N-dealkylation sites (tertiary alicyclic amines) is 1. The van der Waals surface area contributed by atoms with Crippen LogP contribution in [0.1, 0.15) is 19.8 Å². The number of aromatic nitrogens is 1. The van der Waals surface area contributed by atoms with Gasteiger partial charge in [0.1, 0.15) is 0 Å². The van der Waals surface area contributed by atoms with Gasteiger partial charge < -0.3 is 16.0 Å². The molecule has 1 unspecified atom stereocenters. The van der Waals surface area contributed by atoms with E-state index >= 15 is 0 Å². The average molecular weight is 270 g/mol. The van der Waals surface area contributed by atoms with Gasteiger partial charge in [-0.3, -0.25) is 4.98 Å². The van der Waals surface area contributed by atoms with Crippen molar-refractivity contribution in [2.24, 2.45) is 0 Å². The van der Waals surface area contributed by atoms with Gasteiger partial charge in [-0.25, -0.2) is 0 Å². The molecular weight excluding hydrogens is 248 g/mol. The van der Waals surface area contributed by atoms with Crippen molar-refractivity contribution in [3.05, 3.63) is 30.5 Å². The number of nitrogen functional groups attached to an aromatic ring is 1. The number of nitrogens with two attached hydrogens (primary N) is 1. The second kappa shape index (κ2) is 5.67. The summed E-state index contributed by atoms with van der Waals surface area (Å²) in [6.07, 6.45) is 4.32. The van der Waals surface area contributed by atoms with Gasteiger partial charge in [-0.2, -0.15) is 0 Å². The lowest BCUT2D eigenvalue weighted by Gasteiger charge is -2.33. The van der Waals surface area contributed by atoms with E-state index in [4.69, 9.17) is 5.73 Å². The number of para-hydroxylation sites is 1. The van der Waals surface area contributed by atoms with E-state index in [-0.39, 0.29) is 0 Å². The second-order valence-corrected chi connectivity index (χ2v) is 5.48. The fraction of sp³-hybridized carbons (Fsp3) is 0.438. The summed E-state index contributed by atoms with van der Waals surface area (Å²) < 4.78 is 0. The minimum Gasteiger partial charge on any atom is -0.397 e. The van der Waals surface area contributed by atoms with Crippen LogP contribution >= 0.6 is 0 Å². The molecule has 0 amide bonds. The van der Waals surface area contributed by atoms with Crippen molar-refractivity contribution in [2.45, 2.75) is 25.8 Å². The summed E-state index contributed by atoms with van der Waals surface area (Å²) in [6.45, 7) is 5.69. The Labute approximate surface area is 120 Å². The minimum absolute atomic E-state index is 0.510. The summed E-state index contributed by atoms with van der Waals surface area (Å²) in [5.74, 6) is 0. The molecule has 2 heterocycles. The third-order valence-electron chi connectivity index (χ3n) is 4.11. The third kappa shape index (κ3) is 2.56. The normalized spacial score (nSPS) is 20.1. The van der Waals surface area contributed by atoms with Gasteiger partial charge in [-0.05, 0) is 38.1 Å². The summed E-state index contributed by atoms with van der Waals surface area (Å²) in [7, 11) is 0. The lowest BCUT2D eigenvalue weighted by Crippen LogP contribution is -2.41. The Balaban J connectivity index is 1.86. The predicted octanol–water partition coefficient (Wildman–Crippen LogP) is 2.71. The largest absolute Gasteiger partial charge is 0.397 e. The molecule has 0 spiro atoms. The van der Waals surface area contributed by atoms with Gasteiger partial charge in [-0.15, -0.1) is 0 Å². The Morgan fingerprint density at radius 3 is 3.15 bits per heavy atom. The summed E-state index contributed by atoms with van der Waals surface area (Å²) >= 11 is 0. The molecule has 4 heteroatoms. The number of fused-ring (bicyclic) bond motifs is 1. The highest BCUT2D eigenvalue weighted by Gasteiger charge is 2.19. The Hall–Kier alpha value is -1.81. The highest BCUT2D eigenvalue weighted by atomic mass is 15.2. The van der Waals surface area contributed by atoms with E-state index in [9.17, 15) is 0 Å². The number of rotatable bonds is 3. The zero-order valence-electron chi connectivity index (χ0n) is 12.0. The molecular formula is C16H22N4. The Kier molecular flexibility index (Phi) is 3.74. The van der Waals surface area contributed by atoms with Crippen LogP contribution in [0, 0.1) is 0 Å². The first-order chi connectivity index (χ1) is 9.78. The summed E-state index contributed by atoms with van der Waals surface area (Å²) in [5, 5.41) is 4.79. The molecule has 3 N–H and O–H groups in total. The SMILES string of the molecule is CCN1CCCC(Nc2ccnc3c(N)cccc23)C1. The quantitative estimate of drug-likeness (QED) is 0.842. The number of hydrogen-bond acceptors (Lipinski definition) is 4. The number of anilines is 2. The van der Waals surface area contributed by atoms with Crippen molar-refractivity contribution in [3.63, 3.8) is 0 Å². The third-order valence-corrected chi connectivity index (χ3v) is 4.11. The molecule has 106 valence electrons. The first kappa shape index (κ1) is 13.2. The van der Waals surface area contributed by atoms with E-state index in [0.29, 0.717) is 6.04 Å². The topological polar surface area (TPSA) is 54.2 Å². The number of benzene rings is 1. The number of piperidine rings is 1. The van der Waals surface area contributed by atoms with Crippen LogP contribution in [-0.2, 0) is 0 Å². The van der Waals surface area contributed by atoms with E-state index in [0.717, 1.165) is 35.4 Å². The molecule has 0 saturated carbocycles. The van der Waals surface area contributed by atoms with Crippen LogP contribution in [-0.4, -0.2) is 35.6 Å². The molecule has 1 atom stereocenters.